The van der Waals surface area contributed by atoms with Gasteiger partial charge in [0.2, 0.25) is 0 Å². The molecule has 0 fully saturated rings. The molecule has 0 aliphatic carbocycles. The van der Waals surface area contributed by atoms with Crippen molar-refractivity contribution < 1.29 is 4.74 Å². The highest BCUT2D eigenvalue weighted by molar-refractivity contribution is 7.99. The third kappa shape index (κ3) is 6.09. The van der Waals surface area contributed by atoms with Crippen molar-refractivity contribution in [1.82, 2.24) is 15.0 Å². The van der Waals surface area contributed by atoms with Crippen LogP contribution < -0.4 is 15.8 Å². The minimum absolute atomic E-state index is 0.101. The van der Waals surface area contributed by atoms with Gasteiger partial charge in [-0.3, -0.25) is 4.98 Å². The van der Waals surface area contributed by atoms with E-state index >= 15 is 0 Å². The number of hydrogen-bond donors (Lipinski definition) is 2. The van der Waals surface area contributed by atoms with Crippen LogP contribution in [0.4, 0.5) is 11.5 Å². The molecule has 0 spiro atoms. The van der Waals surface area contributed by atoms with E-state index in [4.69, 9.17) is 22.1 Å². The van der Waals surface area contributed by atoms with Gasteiger partial charge in [-0.25, -0.2) is 9.97 Å². The quantitative estimate of drug-likeness (QED) is 0.303. The maximum Gasteiger partial charge on any atom is 0.138 e. The Morgan fingerprint density at radius 2 is 2.00 bits per heavy atom. The average Bonchev–Trinajstić information content (AvgIpc) is 2.77. The van der Waals surface area contributed by atoms with Gasteiger partial charge in [-0.1, -0.05) is 38.4 Å². The Hall–Kier alpha value is -2.35. The van der Waals surface area contributed by atoms with Gasteiger partial charge >= 0.3 is 0 Å². The molecule has 0 saturated carbocycles. The van der Waals surface area contributed by atoms with Crippen molar-refractivity contribution in [3.8, 4) is 5.75 Å². The number of benzene rings is 1. The number of thioether (sulfide) groups is 1. The van der Waals surface area contributed by atoms with Crippen LogP contribution in [0.25, 0.3) is 0 Å². The van der Waals surface area contributed by atoms with E-state index in [1.165, 1.54) is 0 Å². The van der Waals surface area contributed by atoms with Crippen molar-refractivity contribution in [3.05, 3.63) is 65.2 Å². The zero-order chi connectivity index (χ0) is 22.3. The maximum atomic E-state index is 6.48. The molecule has 0 aliphatic heterocycles. The second-order valence-electron chi connectivity index (χ2n) is 7.66. The van der Waals surface area contributed by atoms with Gasteiger partial charge in [0.15, 0.2) is 0 Å². The van der Waals surface area contributed by atoms with E-state index in [2.05, 4.69) is 41.0 Å². The Bertz CT molecular complexity index is 1000. The van der Waals surface area contributed by atoms with Crippen LogP contribution >= 0.6 is 23.4 Å². The summed E-state index contributed by atoms with van der Waals surface area (Å²) in [5, 5.41) is 4.90. The summed E-state index contributed by atoms with van der Waals surface area (Å²) in [5.74, 6) is 2.19. The molecule has 3 N–H and O–H groups in total. The summed E-state index contributed by atoms with van der Waals surface area (Å²) in [6.45, 7) is 7.52. The zero-order valence-corrected chi connectivity index (χ0v) is 19.6. The number of hydrogen-bond acceptors (Lipinski definition) is 7. The van der Waals surface area contributed by atoms with E-state index in [1.54, 1.807) is 24.3 Å². The lowest BCUT2D eigenvalue weighted by molar-refractivity contribution is 0.301. The first kappa shape index (κ1) is 23.3. The third-order valence-corrected chi connectivity index (χ3v) is 6.34. The Labute approximate surface area is 193 Å². The van der Waals surface area contributed by atoms with Crippen molar-refractivity contribution in [2.45, 2.75) is 44.2 Å². The fourth-order valence-electron chi connectivity index (χ4n) is 2.98. The number of aromatic nitrogens is 3. The Morgan fingerprint density at radius 3 is 2.68 bits per heavy atom. The summed E-state index contributed by atoms with van der Waals surface area (Å²) < 4.78 is 5.82. The predicted molar refractivity (Wildman–Crippen MR) is 128 cm³/mol. The smallest absolute Gasteiger partial charge is 0.138 e. The van der Waals surface area contributed by atoms with Crippen LogP contribution in [0.3, 0.4) is 0 Å². The molecule has 3 rings (SSSR count). The van der Waals surface area contributed by atoms with Gasteiger partial charge in [0.25, 0.3) is 0 Å². The molecule has 3 aromatic rings. The van der Waals surface area contributed by atoms with E-state index in [1.807, 2.05) is 36.4 Å². The summed E-state index contributed by atoms with van der Waals surface area (Å²) in [5.41, 5.74) is 8.37. The Kier molecular flexibility index (Phi) is 8.12. The lowest BCUT2D eigenvalue weighted by atomic mass is 9.83. The van der Waals surface area contributed by atoms with Crippen LogP contribution in [0.2, 0.25) is 5.02 Å². The Morgan fingerprint density at radius 1 is 1.16 bits per heavy atom. The molecule has 2 heterocycles. The number of anilines is 2. The SMILES string of the molecule is CCC(C)(C)c1c(Nc2ccc(OCc3ccccn3)c(Cl)c2)ncnc1SCCN. The van der Waals surface area contributed by atoms with Gasteiger partial charge in [0.1, 0.15) is 29.5 Å². The summed E-state index contributed by atoms with van der Waals surface area (Å²) in [6.07, 6.45) is 4.28. The highest BCUT2D eigenvalue weighted by atomic mass is 35.5. The maximum absolute atomic E-state index is 6.48. The average molecular weight is 458 g/mol. The molecule has 0 saturated heterocycles. The fraction of sp³-hybridized carbons (Fsp3) is 0.348. The van der Waals surface area contributed by atoms with Gasteiger partial charge in [0.05, 0.1) is 10.7 Å². The van der Waals surface area contributed by atoms with Crippen LogP contribution in [0.5, 0.6) is 5.75 Å². The third-order valence-electron chi connectivity index (χ3n) is 5.03. The lowest BCUT2D eigenvalue weighted by Crippen LogP contribution is -2.20. The van der Waals surface area contributed by atoms with Crippen molar-refractivity contribution in [2.75, 3.05) is 17.6 Å². The summed E-state index contributed by atoms with van der Waals surface area (Å²) >= 11 is 8.14. The number of ether oxygens (including phenoxy) is 1. The minimum Gasteiger partial charge on any atom is -0.486 e. The van der Waals surface area contributed by atoms with Gasteiger partial charge in [-0.2, -0.15) is 0 Å². The highest BCUT2D eigenvalue weighted by Crippen LogP contribution is 2.39. The van der Waals surface area contributed by atoms with E-state index in [0.717, 1.165) is 40.0 Å². The lowest BCUT2D eigenvalue weighted by Gasteiger charge is -2.27. The number of nitrogens with zero attached hydrogens (tertiary/aromatic N) is 3. The van der Waals surface area contributed by atoms with E-state index in [9.17, 15) is 0 Å². The van der Waals surface area contributed by atoms with Crippen LogP contribution in [0.15, 0.2) is 53.9 Å². The highest BCUT2D eigenvalue weighted by Gasteiger charge is 2.27. The monoisotopic (exact) mass is 457 g/mol. The minimum atomic E-state index is -0.101. The van der Waals surface area contributed by atoms with Gasteiger partial charge in [-0.15, -0.1) is 11.8 Å². The van der Waals surface area contributed by atoms with E-state index in [-0.39, 0.29) is 5.41 Å². The van der Waals surface area contributed by atoms with Gasteiger partial charge in [0, 0.05) is 29.7 Å². The molecule has 0 atom stereocenters. The van der Waals surface area contributed by atoms with Crippen molar-refractivity contribution in [3.63, 3.8) is 0 Å². The summed E-state index contributed by atoms with van der Waals surface area (Å²) in [4.78, 5) is 13.3. The molecule has 0 aliphatic rings. The first-order valence-electron chi connectivity index (χ1n) is 10.2. The molecule has 0 bridgehead atoms. The molecule has 0 unspecified atom stereocenters. The fourth-order valence-corrected chi connectivity index (χ4v) is 4.17. The molecule has 164 valence electrons. The molecule has 1 aromatic carbocycles. The van der Waals surface area contributed by atoms with E-state index < -0.39 is 0 Å². The molecule has 0 amide bonds. The van der Waals surface area contributed by atoms with Crippen LogP contribution in [0, 0.1) is 0 Å². The predicted octanol–water partition coefficient (Wildman–Crippen LogP) is 5.59. The first-order chi connectivity index (χ1) is 14.9. The topological polar surface area (TPSA) is 86.0 Å². The van der Waals surface area contributed by atoms with Crippen molar-refractivity contribution in [1.29, 1.82) is 0 Å². The molecule has 2 aromatic heterocycles. The van der Waals surface area contributed by atoms with Crippen molar-refractivity contribution >= 4 is 34.9 Å². The molecule has 0 radical (unpaired) electrons. The zero-order valence-electron chi connectivity index (χ0n) is 18.1. The number of rotatable bonds is 10. The molecular formula is C23H28ClN5OS. The summed E-state index contributed by atoms with van der Waals surface area (Å²) in [7, 11) is 0. The van der Waals surface area contributed by atoms with E-state index in [0.29, 0.717) is 23.9 Å². The second kappa shape index (κ2) is 10.8. The van der Waals surface area contributed by atoms with Crippen molar-refractivity contribution in [2.24, 2.45) is 5.73 Å². The van der Waals surface area contributed by atoms with Crippen LogP contribution in [-0.2, 0) is 12.0 Å². The molecule has 6 nitrogen and oxygen atoms in total. The first-order valence-corrected chi connectivity index (χ1v) is 11.6. The largest absolute Gasteiger partial charge is 0.486 e. The normalized spacial score (nSPS) is 11.4. The molecule has 31 heavy (non-hydrogen) atoms. The second-order valence-corrected chi connectivity index (χ2v) is 9.15. The standard InChI is InChI=1S/C23H28ClN5OS/c1-4-23(2,3)20-21(27-15-28-22(20)31-12-10-25)29-16-8-9-19(18(24)13-16)30-14-17-7-5-6-11-26-17/h5-9,11,13,15H,4,10,12,14,25H2,1-3H3,(H,27,28,29). The van der Waals surface area contributed by atoms with Crippen LogP contribution in [-0.4, -0.2) is 27.2 Å². The molecular weight excluding hydrogens is 430 g/mol. The van der Waals surface area contributed by atoms with Gasteiger partial charge < -0.3 is 15.8 Å². The van der Waals surface area contributed by atoms with Crippen LogP contribution in [0.1, 0.15) is 38.4 Å². The summed E-state index contributed by atoms with van der Waals surface area (Å²) in [6, 6.07) is 11.3. The number of pyridine rings is 1. The number of nitrogens with two attached hydrogens (primary N) is 1. The Balaban J connectivity index is 1.82. The molecule has 8 heteroatoms. The number of halogens is 1. The number of nitrogens with one attached hydrogen (secondary N) is 1. The van der Waals surface area contributed by atoms with Gasteiger partial charge in [-0.05, 0) is 42.2 Å².